The molecule has 0 saturated heterocycles. The van der Waals surface area contributed by atoms with Crippen LogP contribution in [0.2, 0.25) is 0 Å². The number of aliphatic hydroxyl groups excluding tert-OH is 1. The van der Waals surface area contributed by atoms with Gasteiger partial charge in [0.1, 0.15) is 5.82 Å². The van der Waals surface area contributed by atoms with Crippen LogP contribution in [-0.4, -0.2) is 20.4 Å². The van der Waals surface area contributed by atoms with Crippen LogP contribution >= 0.6 is 11.8 Å². The minimum Gasteiger partial charge on any atom is -0.388 e. The van der Waals surface area contributed by atoms with Crippen molar-refractivity contribution in [3.8, 4) is 0 Å². The van der Waals surface area contributed by atoms with Gasteiger partial charge in [-0.2, -0.15) is 0 Å². The van der Waals surface area contributed by atoms with Crippen molar-refractivity contribution in [1.82, 2.24) is 9.55 Å². The fourth-order valence-corrected chi connectivity index (χ4v) is 2.32. The van der Waals surface area contributed by atoms with E-state index in [-0.39, 0.29) is 5.82 Å². The molecule has 2 rings (SSSR count). The average molecular weight is 252 g/mol. The monoisotopic (exact) mass is 252 g/mol. The summed E-state index contributed by atoms with van der Waals surface area (Å²) >= 11 is 1.47. The maximum atomic E-state index is 12.7. The van der Waals surface area contributed by atoms with Crippen LogP contribution < -0.4 is 0 Å². The SMILES string of the molecule is Cn1ccnc1SCC(O)c1ccc(F)cc1. The van der Waals surface area contributed by atoms with E-state index in [2.05, 4.69) is 4.98 Å². The molecule has 0 aliphatic heterocycles. The van der Waals surface area contributed by atoms with Crippen molar-refractivity contribution in [2.24, 2.45) is 7.05 Å². The van der Waals surface area contributed by atoms with Crippen LogP contribution in [0.15, 0.2) is 41.8 Å². The average Bonchev–Trinajstić information content (AvgIpc) is 2.73. The highest BCUT2D eigenvalue weighted by atomic mass is 32.2. The van der Waals surface area contributed by atoms with Crippen LogP contribution in [0.4, 0.5) is 4.39 Å². The zero-order valence-corrected chi connectivity index (χ0v) is 10.2. The normalized spacial score (nSPS) is 12.6. The number of halogens is 1. The number of thioether (sulfide) groups is 1. The maximum Gasteiger partial charge on any atom is 0.167 e. The van der Waals surface area contributed by atoms with Gasteiger partial charge in [0.15, 0.2) is 5.16 Å². The molecule has 0 aliphatic carbocycles. The van der Waals surface area contributed by atoms with E-state index in [9.17, 15) is 9.50 Å². The molecule has 0 saturated carbocycles. The van der Waals surface area contributed by atoms with Crippen LogP contribution in [0.1, 0.15) is 11.7 Å². The molecule has 3 nitrogen and oxygen atoms in total. The first-order chi connectivity index (χ1) is 8.16. The van der Waals surface area contributed by atoms with E-state index in [4.69, 9.17) is 0 Å². The Labute approximate surface area is 103 Å². The zero-order chi connectivity index (χ0) is 12.3. The van der Waals surface area contributed by atoms with E-state index < -0.39 is 6.10 Å². The third kappa shape index (κ3) is 3.08. The highest BCUT2D eigenvalue weighted by Crippen LogP contribution is 2.23. The summed E-state index contributed by atoms with van der Waals surface area (Å²) in [5.41, 5.74) is 0.716. The second-order valence-corrected chi connectivity index (χ2v) is 4.69. The molecule has 1 atom stereocenters. The predicted molar refractivity (Wildman–Crippen MR) is 65.3 cm³/mol. The van der Waals surface area contributed by atoms with Gasteiger partial charge in [0.05, 0.1) is 6.10 Å². The Kier molecular flexibility index (Phi) is 3.81. The van der Waals surface area contributed by atoms with Gasteiger partial charge in [-0.1, -0.05) is 23.9 Å². The second-order valence-electron chi connectivity index (χ2n) is 3.70. The molecule has 0 spiro atoms. The van der Waals surface area contributed by atoms with Crippen LogP contribution in [0.25, 0.3) is 0 Å². The first kappa shape index (κ1) is 12.1. The molecule has 0 fully saturated rings. The largest absolute Gasteiger partial charge is 0.388 e. The molecule has 5 heteroatoms. The maximum absolute atomic E-state index is 12.7. The number of benzene rings is 1. The van der Waals surface area contributed by atoms with Gasteiger partial charge in [-0.15, -0.1) is 0 Å². The van der Waals surface area contributed by atoms with Crippen molar-refractivity contribution in [3.05, 3.63) is 48.0 Å². The van der Waals surface area contributed by atoms with Crippen molar-refractivity contribution in [2.45, 2.75) is 11.3 Å². The first-order valence-corrected chi connectivity index (χ1v) is 6.19. The fourth-order valence-electron chi connectivity index (χ4n) is 1.43. The standard InChI is InChI=1S/C12H13FN2OS/c1-15-7-6-14-12(15)17-8-11(16)9-2-4-10(13)5-3-9/h2-7,11,16H,8H2,1H3. The molecule has 1 aromatic heterocycles. The van der Waals surface area contributed by atoms with Gasteiger partial charge in [-0.3, -0.25) is 0 Å². The highest BCUT2D eigenvalue weighted by molar-refractivity contribution is 7.99. The van der Waals surface area contributed by atoms with Gasteiger partial charge in [0.2, 0.25) is 0 Å². The summed E-state index contributed by atoms with van der Waals surface area (Å²) in [4.78, 5) is 4.15. The number of hydrogen-bond acceptors (Lipinski definition) is 3. The number of imidazole rings is 1. The van der Waals surface area contributed by atoms with Crippen molar-refractivity contribution in [2.75, 3.05) is 5.75 Å². The lowest BCUT2D eigenvalue weighted by Gasteiger charge is -2.10. The molecule has 17 heavy (non-hydrogen) atoms. The Bertz CT molecular complexity index is 484. The van der Waals surface area contributed by atoms with Crippen molar-refractivity contribution < 1.29 is 9.50 Å². The number of aryl methyl sites for hydroxylation is 1. The third-order valence-electron chi connectivity index (χ3n) is 2.40. The molecule has 0 radical (unpaired) electrons. The summed E-state index contributed by atoms with van der Waals surface area (Å²) in [7, 11) is 1.90. The minimum atomic E-state index is -0.614. The fraction of sp³-hybridized carbons (Fsp3) is 0.250. The Morgan fingerprint density at radius 3 is 2.71 bits per heavy atom. The van der Waals surface area contributed by atoms with E-state index in [1.54, 1.807) is 18.3 Å². The number of aliphatic hydroxyl groups is 1. The quantitative estimate of drug-likeness (QED) is 0.849. The lowest BCUT2D eigenvalue weighted by Crippen LogP contribution is -2.02. The number of aromatic nitrogens is 2. The Balaban J connectivity index is 1.95. The van der Waals surface area contributed by atoms with Gasteiger partial charge in [0.25, 0.3) is 0 Å². The summed E-state index contributed by atoms with van der Waals surface area (Å²) in [6.07, 6.45) is 2.96. The van der Waals surface area contributed by atoms with Crippen LogP contribution in [0.3, 0.4) is 0 Å². The molecule has 0 amide bonds. The van der Waals surface area contributed by atoms with E-state index in [1.807, 2.05) is 17.8 Å². The smallest absolute Gasteiger partial charge is 0.167 e. The Morgan fingerprint density at radius 2 is 2.12 bits per heavy atom. The molecular weight excluding hydrogens is 239 g/mol. The lowest BCUT2D eigenvalue weighted by molar-refractivity contribution is 0.204. The number of rotatable bonds is 4. The summed E-state index contributed by atoms with van der Waals surface area (Å²) in [6.45, 7) is 0. The second kappa shape index (κ2) is 5.33. The molecule has 1 heterocycles. The molecular formula is C12H13FN2OS. The molecule has 1 unspecified atom stereocenters. The van der Waals surface area contributed by atoms with Crippen LogP contribution in [-0.2, 0) is 7.05 Å². The Morgan fingerprint density at radius 1 is 1.41 bits per heavy atom. The zero-order valence-electron chi connectivity index (χ0n) is 9.38. The van der Waals surface area contributed by atoms with Crippen LogP contribution in [0.5, 0.6) is 0 Å². The summed E-state index contributed by atoms with van der Waals surface area (Å²) in [6, 6.07) is 5.89. The minimum absolute atomic E-state index is 0.294. The molecule has 1 aromatic carbocycles. The molecule has 2 aromatic rings. The molecule has 0 bridgehead atoms. The molecule has 90 valence electrons. The predicted octanol–water partition coefficient (Wildman–Crippen LogP) is 2.38. The summed E-state index contributed by atoms with van der Waals surface area (Å²) < 4.78 is 14.6. The van der Waals surface area contributed by atoms with Gasteiger partial charge in [-0.25, -0.2) is 9.37 Å². The number of nitrogens with zero attached hydrogens (tertiary/aromatic N) is 2. The third-order valence-corrected chi connectivity index (χ3v) is 3.54. The van der Waals surface area contributed by atoms with E-state index in [0.717, 1.165) is 5.16 Å². The topological polar surface area (TPSA) is 38.0 Å². The van der Waals surface area contributed by atoms with Crippen LogP contribution in [0, 0.1) is 5.82 Å². The molecule has 0 aliphatic rings. The van der Waals surface area contributed by atoms with Gasteiger partial charge in [0, 0.05) is 25.2 Å². The number of hydrogen-bond donors (Lipinski definition) is 1. The first-order valence-electron chi connectivity index (χ1n) is 5.20. The van der Waals surface area contributed by atoms with Crippen molar-refractivity contribution in [3.63, 3.8) is 0 Å². The molecule has 1 N–H and O–H groups in total. The highest BCUT2D eigenvalue weighted by Gasteiger charge is 2.09. The van der Waals surface area contributed by atoms with Gasteiger partial charge >= 0.3 is 0 Å². The van der Waals surface area contributed by atoms with E-state index >= 15 is 0 Å². The van der Waals surface area contributed by atoms with Crippen molar-refractivity contribution >= 4 is 11.8 Å². The summed E-state index contributed by atoms with van der Waals surface area (Å²) in [5, 5.41) is 10.8. The van der Waals surface area contributed by atoms with Crippen molar-refractivity contribution in [1.29, 1.82) is 0 Å². The van der Waals surface area contributed by atoms with Gasteiger partial charge < -0.3 is 9.67 Å². The van der Waals surface area contributed by atoms with E-state index in [1.165, 1.54) is 23.9 Å². The lowest BCUT2D eigenvalue weighted by atomic mass is 10.1. The summed E-state index contributed by atoms with van der Waals surface area (Å²) in [5.74, 6) is 0.203. The van der Waals surface area contributed by atoms with E-state index in [0.29, 0.717) is 11.3 Å². The van der Waals surface area contributed by atoms with Gasteiger partial charge in [-0.05, 0) is 17.7 Å². The Hall–Kier alpha value is -1.33.